The molecule has 6 heteroatoms. The molecule has 0 saturated carbocycles. The molecule has 354 valence electrons. The third-order valence-electron chi connectivity index (χ3n) is 18.7. The molecule has 76 heavy (non-hydrogen) atoms. The molecule has 0 spiro atoms. The Balaban J connectivity index is 1.11. The number of nitriles is 3. The first-order chi connectivity index (χ1) is 36.9. The van der Waals surface area contributed by atoms with Gasteiger partial charge in [-0.15, -0.1) is 0 Å². The van der Waals surface area contributed by atoms with E-state index < -0.39 is 0 Å². The summed E-state index contributed by atoms with van der Waals surface area (Å²) in [5.74, 6) is -0.444. The van der Waals surface area contributed by atoms with Crippen molar-refractivity contribution in [2.45, 2.75) is 76.0 Å². The number of nitrogens with zero attached hydrogens (tertiary/aromatic N) is 6. The summed E-state index contributed by atoms with van der Waals surface area (Å²) in [5.41, 5.74) is 23.5. The van der Waals surface area contributed by atoms with E-state index in [0.29, 0.717) is 33.4 Å². The first-order valence-electron chi connectivity index (χ1n) is 26.4. The number of benzene rings is 9. The topological polar surface area (TPSA) is 84.5 Å². The highest BCUT2D eigenvalue weighted by Gasteiger charge is 2.47. The average Bonchev–Trinajstić information content (AvgIpc) is 3.98. The van der Waals surface area contributed by atoms with E-state index in [2.05, 4.69) is 207 Å². The molecule has 0 N–H and O–H groups in total. The van der Waals surface area contributed by atoms with Crippen LogP contribution < -0.4 is 0 Å². The van der Waals surface area contributed by atoms with Crippen LogP contribution in [-0.2, 0) is 10.8 Å². The van der Waals surface area contributed by atoms with Crippen LogP contribution >= 0.6 is 0 Å². The first kappa shape index (κ1) is 42.0. The quantitative estimate of drug-likeness (QED) is 0.142. The van der Waals surface area contributed by atoms with Crippen LogP contribution in [0.2, 0.25) is 0 Å². The van der Waals surface area contributed by atoms with E-state index in [0.717, 1.165) is 93.0 Å². The Labute approximate surface area is 438 Å². The highest BCUT2D eigenvalue weighted by Crippen LogP contribution is 2.63. The summed E-state index contributed by atoms with van der Waals surface area (Å²) in [6, 6.07) is 56.9. The summed E-state index contributed by atoms with van der Waals surface area (Å²) in [6.45, 7) is 22.4. The monoisotopic (exact) mass is 968 g/mol. The molecule has 6 nitrogen and oxygen atoms in total. The molecule has 0 atom stereocenters. The minimum atomic E-state index is -0.279. The van der Waals surface area contributed by atoms with E-state index in [1.165, 1.54) is 50.1 Å². The van der Waals surface area contributed by atoms with Gasteiger partial charge in [-0.25, -0.2) is 4.85 Å². The third-order valence-corrected chi connectivity index (χ3v) is 18.7. The fourth-order valence-electron chi connectivity index (χ4n) is 15.8. The van der Waals surface area contributed by atoms with Gasteiger partial charge in [0, 0.05) is 72.3 Å². The molecule has 9 aromatic carbocycles. The molecule has 0 unspecified atom stereocenters. The Bertz CT molecular complexity index is 4750. The first-order valence-corrected chi connectivity index (χ1v) is 26.4. The van der Waals surface area contributed by atoms with Crippen molar-refractivity contribution in [1.29, 1.82) is 15.8 Å². The van der Waals surface area contributed by atoms with Crippen LogP contribution in [0.4, 0.5) is 5.69 Å². The molecular weight excluding hydrogens is 925 g/mol. The minimum absolute atomic E-state index is 0.106. The maximum atomic E-state index is 12.2. The van der Waals surface area contributed by atoms with Crippen LogP contribution in [0.15, 0.2) is 133 Å². The van der Waals surface area contributed by atoms with Gasteiger partial charge in [0.25, 0.3) is 0 Å². The molecule has 6 aliphatic rings. The van der Waals surface area contributed by atoms with E-state index >= 15 is 0 Å². The van der Waals surface area contributed by atoms with Crippen LogP contribution in [0.1, 0.15) is 160 Å². The predicted octanol–water partition coefficient (Wildman–Crippen LogP) is 16.7. The van der Waals surface area contributed by atoms with Gasteiger partial charge in [-0.1, -0.05) is 139 Å². The van der Waals surface area contributed by atoms with Gasteiger partial charge in [0.1, 0.15) is 17.7 Å². The lowest BCUT2D eigenvalue weighted by atomic mass is 9.59. The molecule has 0 fully saturated rings. The lowest BCUT2D eigenvalue weighted by Gasteiger charge is -2.43. The molecule has 19 rings (SSSR count). The summed E-state index contributed by atoms with van der Waals surface area (Å²) in [5, 5.41) is 43.4. The lowest BCUT2D eigenvalue weighted by Crippen LogP contribution is -2.28. The number of fused-ring (bicyclic) bond motifs is 12. The zero-order chi connectivity index (χ0) is 51.3. The maximum absolute atomic E-state index is 12.2. The van der Waals surface area contributed by atoms with Gasteiger partial charge in [-0.3, -0.25) is 0 Å². The molecule has 4 bridgehead atoms. The van der Waals surface area contributed by atoms with Gasteiger partial charge in [-0.2, -0.15) is 15.8 Å². The van der Waals surface area contributed by atoms with E-state index in [1.807, 2.05) is 0 Å². The Kier molecular flexibility index (Phi) is 7.42. The fraction of sp³-hybridized carbons (Fsp3) is 0.171. The highest BCUT2D eigenvalue weighted by atomic mass is 15.0. The maximum Gasteiger partial charge on any atom is 0.193 e. The van der Waals surface area contributed by atoms with Gasteiger partial charge in [-0.05, 0) is 125 Å². The second kappa shape index (κ2) is 13.4. The molecule has 13 aromatic rings. The summed E-state index contributed by atoms with van der Waals surface area (Å²) in [6.07, 6.45) is 0. The average molecular weight is 969 g/mol. The molecule has 0 amide bonds. The van der Waals surface area contributed by atoms with Gasteiger partial charge >= 0.3 is 0 Å². The predicted molar refractivity (Wildman–Crippen MR) is 303 cm³/mol. The Morgan fingerprint density at radius 2 is 0.750 bits per heavy atom. The van der Waals surface area contributed by atoms with Crippen molar-refractivity contribution < 1.29 is 0 Å². The SMILES string of the molecule is [C-]#[N+]c1cc2c(c3c1C1c4ccccc4C3c3ccccc31)c1cc(C(C)(C)C)cc3c4c(C#N)c5c6cc(C(C)(C)C)cc7c8c9c(c(C#N)cc8n(c5c(C#N)c4n2c13)c76)C1c2ccccc2C9c2ccccc21. The normalized spacial score (nSPS) is 17.8. The molecule has 0 aliphatic heterocycles. The zero-order valence-corrected chi connectivity index (χ0v) is 42.7. The number of hydrogen-bond acceptors (Lipinski definition) is 3. The van der Waals surface area contributed by atoms with Crippen molar-refractivity contribution in [3.63, 3.8) is 0 Å². The lowest BCUT2D eigenvalue weighted by molar-refractivity contribution is 0.591. The van der Waals surface area contributed by atoms with Gasteiger partial charge in [0.15, 0.2) is 5.69 Å². The van der Waals surface area contributed by atoms with E-state index in [1.54, 1.807) is 0 Å². The molecule has 4 heterocycles. The minimum Gasteiger partial charge on any atom is -0.308 e. The molecule has 0 radical (unpaired) electrons. The molecular formula is C70H44N6. The smallest absolute Gasteiger partial charge is 0.193 e. The fourth-order valence-corrected chi connectivity index (χ4v) is 15.8. The van der Waals surface area contributed by atoms with Crippen molar-refractivity contribution in [2.75, 3.05) is 0 Å². The Morgan fingerprint density at radius 1 is 0.408 bits per heavy atom. The summed E-state index contributed by atoms with van der Waals surface area (Å²) in [4.78, 5) is 4.40. The van der Waals surface area contributed by atoms with Crippen molar-refractivity contribution in [2.24, 2.45) is 0 Å². The number of rotatable bonds is 0. The van der Waals surface area contributed by atoms with Crippen LogP contribution in [0, 0.1) is 40.6 Å². The second-order valence-corrected chi connectivity index (χ2v) is 24.2. The second-order valence-electron chi connectivity index (χ2n) is 24.2. The Hall–Kier alpha value is -9.46. The van der Waals surface area contributed by atoms with E-state index in [9.17, 15) is 15.8 Å². The summed E-state index contributed by atoms with van der Waals surface area (Å²) >= 11 is 0. The van der Waals surface area contributed by atoms with Gasteiger partial charge in [0.05, 0.1) is 51.4 Å². The summed E-state index contributed by atoms with van der Waals surface area (Å²) < 4.78 is 4.52. The van der Waals surface area contributed by atoms with Crippen LogP contribution in [-0.4, -0.2) is 8.80 Å². The highest BCUT2D eigenvalue weighted by molar-refractivity contribution is 6.34. The van der Waals surface area contributed by atoms with Crippen molar-refractivity contribution in [3.8, 4) is 18.2 Å². The number of hydrogen-bond donors (Lipinski definition) is 0. The molecule has 4 aromatic heterocycles. The standard InChI is InChI=1S/C70H44N6/c1-69(2,3)34-25-44-58-48(31-72)59-45-26-35(70(4,5)6)28-47-61-52(29-50(74-7)62-55-38-18-10-14-22-42(38)57(64(61)62)43-23-15-11-19-39(43)55)76(66(45)47)68(59)49(32-73)67(58)75-51-24-33(30-71)53-54-36-16-8-12-20-40(36)56(41-21-13-9-17-37(41)54)63(53)60(51)46(27-34)65(44)75/h8-29,54-57H,1-6H3. The van der Waals surface area contributed by atoms with Gasteiger partial charge < -0.3 is 8.80 Å². The van der Waals surface area contributed by atoms with E-state index in [-0.39, 0.29) is 34.5 Å². The Morgan fingerprint density at radius 3 is 1.11 bits per heavy atom. The largest absolute Gasteiger partial charge is 0.308 e. The number of aromatic nitrogens is 2. The third kappa shape index (κ3) is 4.58. The van der Waals surface area contributed by atoms with Crippen LogP contribution in [0.5, 0.6) is 0 Å². The van der Waals surface area contributed by atoms with E-state index in [4.69, 9.17) is 6.57 Å². The molecule has 6 aliphatic carbocycles. The van der Waals surface area contributed by atoms with Crippen molar-refractivity contribution in [1.82, 2.24) is 8.80 Å². The van der Waals surface area contributed by atoms with Crippen molar-refractivity contribution >= 4 is 81.9 Å². The van der Waals surface area contributed by atoms with Crippen molar-refractivity contribution in [3.05, 3.63) is 239 Å². The van der Waals surface area contributed by atoms with Gasteiger partial charge in [0.2, 0.25) is 0 Å². The summed E-state index contributed by atoms with van der Waals surface area (Å²) in [7, 11) is 0. The van der Waals surface area contributed by atoms with Crippen LogP contribution in [0.3, 0.4) is 0 Å². The zero-order valence-electron chi connectivity index (χ0n) is 42.7. The van der Waals surface area contributed by atoms with Crippen LogP contribution in [0.25, 0.3) is 81.0 Å². The molecule has 0 saturated heterocycles.